The van der Waals surface area contributed by atoms with Crippen LogP contribution < -0.4 is 5.32 Å². The number of carbonyl (C=O) groups excluding carboxylic acids is 1. The lowest BCUT2D eigenvalue weighted by atomic mass is 10.2. The van der Waals surface area contributed by atoms with E-state index >= 15 is 0 Å². The predicted molar refractivity (Wildman–Crippen MR) is 88.2 cm³/mol. The summed E-state index contributed by atoms with van der Waals surface area (Å²) in [6.45, 7) is 0. The molecule has 0 aliphatic carbocycles. The Morgan fingerprint density at radius 2 is 2.00 bits per heavy atom. The van der Waals surface area contributed by atoms with Crippen molar-refractivity contribution in [1.82, 2.24) is 10.2 Å². The lowest BCUT2D eigenvalue weighted by Crippen LogP contribution is -2.11. The van der Waals surface area contributed by atoms with Gasteiger partial charge in [0.25, 0.3) is 5.91 Å². The second kappa shape index (κ2) is 6.84. The van der Waals surface area contributed by atoms with E-state index < -0.39 is 0 Å². The number of thioether (sulfide) groups is 1. The maximum atomic E-state index is 12.0. The van der Waals surface area contributed by atoms with Crippen LogP contribution in [0.25, 0.3) is 0 Å². The smallest absolute Gasteiger partial charge is 0.257 e. The third kappa shape index (κ3) is 3.90. The van der Waals surface area contributed by atoms with Crippen LogP contribution in [0, 0.1) is 0 Å². The molecule has 0 aliphatic rings. The summed E-state index contributed by atoms with van der Waals surface area (Å²) < 4.78 is 0.853. The van der Waals surface area contributed by atoms with Crippen molar-refractivity contribution in [3.8, 4) is 0 Å². The number of thiophene rings is 1. The zero-order valence-electron chi connectivity index (χ0n) is 10.9. The molecule has 0 saturated heterocycles. The first-order chi connectivity index (χ1) is 10.3. The third-order valence-electron chi connectivity index (χ3n) is 2.58. The van der Waals surface area contributed by atoms with Crippen LogP contribution in [0.5, 0.6) is 0 Å². The Labute approximate surface area is 134 Å². The molecule has 2 aromatic heterocycles. The molecule has 3 rings (SSSR count). The number of aromatic nitrogens is 2. The van der Waals surface area contributed by atoms with Crippen LogP contribution in [-0.2, 0) is 5.75 Å². The Kier molecular flexibility index (Phi) is 4.64. The predicted octanol–water partition coefficient (Wildman–Crippen LogP) is 4.14. The quantitative estimate of drug-likeness (QED) is 0.563. The van der Waals surface area contributed by atoms with E-state index in [1.54, 1.807) is 35.2 Å². The minimum Gasteiger partial charge on any atom is -0.296 e. The SMILES string of the molecule is O=C(Nc1nnc(SCc2cccs2)s1)c1ccccc1. The fourth-order valence-corrected chi connectivity index (χ4v) is 4.13. The van der Waals surface area contributed by atoms with E-state index in [-0.39, 0.29) is 5.91 Å². The molecule has 0 bridgehead atoms. The van der Waals surface area contributed by atoms with Crippen molar-refractivity contribution in [2.45, 2.75) is 10.1 Å². The normalized spacial score (nSPS) is 10.5. The minimum atomic E-state index is -0.165. The molecule has 1 amide bonds. The molecule has 0 aliphatic heterocycles. The van der Waals surface area contributed by atoms with E-state index in [1.807, 2.05) is 24.3 Å². The molecule has 1 N–H and O–H groups in total. The van der Waals surface area contributed by atoms with Gasteiger partial charge in [-0.2, -0.15) is 0 Å². The van der Waals surface area contributed by atoms with Gasteiger partial charge in [-0.05, 0) is 23.6 Å². The maximum Gasteiger partial charge on any atom is 0.257 e. The first-order valence-electron chi connectivity index (χ1n) is 6.16. The Bertz CT molecular complexity index is 710. The number of nitrogens with zero attached hydrogens (tertiary/aromatic N) is 2. The van der Waals surface area contributed by atoms with Gasteiger partial charge in [0.05, 0.1) is 0 Å². The van der Waals surface area contributed by atoms with Crippen LogP contribution in [0.2, 0.25) is 0 Å². The number of anilines is 1. The van der Waals surface area contributed by atoms with Gasteiger partial charge < -0.3 is 0 Å². The molecule has 0 atom stereocenters. The molecular weight excluding hydrogens is 322 g/mol. The zero-order valence-corrected chi connectivity index (χ0v) is 13.3. The van der Waals surface area contributed by atoms with Gasteiger partial charge in [0.15, 0.2) is 4.34 Å². The van der Waals surface area contributed by atoms with E-state index in [2.05, 4.69) is 27.0 Å². The van der Waals surface area contributed by atoms with Gasteiger partial charge >= 0.3 is 0 Å². The van der Waals surface area contributed by atoms with Crippen molar-refractivity contribution >= 4 is 45.5 Å². The topological polar surface area (TPSA) is 54.9 Å². The van der Waals surface area contributed by atoms with E-state index in [4.69, 9.17) is 0 Å². The molecule has 0 fully saturated rings. The summed E-state index contributed by atoms with van der Waals surface area (Å²) in [7, 11) is 0. The average Bonchev–Trinajstić information content (AvgIpc) is 3.17. The van der Waals surface area contributed by atoms with Crippen LogP contribution >= 0.6 is 34.4 Å². The molecule has 0 radical (unpaired) electrons. The van der Waals surface area contributed by atoms with Gasteiger partial charge in [-0.3, -0.25) is 10.1 Å². The molecular formula is C14H11N3OS3. The van der Waals surface area contributed by atoms with Gasteiger partial charge in [0.1, 0.15) is 0 Å². The van der Waals surface area contributed by atoms with Crippen molar-refractivity contribution in [3.05, 3.63) is 58.3 Å². The number of hydrogen-bond acceptors (Lipinski definition) is 6. The van der Waals surface area contributed by atoms with Crippen LogP contribution in [0.3, 0.4) is 0 Å². The van der Waals surface area contributed by atoms with E-state index in [9.17, 15) is 4.79 Å². The van der Waals surface area contributed by atoms with Gasteiger partial charge in [-0.1, -0.05) is 47.4 Å². The largest absolute Gasteiger partial charge is 0.296 e. The summed E-state index contributed by atoms with van der Waals surface area (Å²) in [5.74, 6) is 0.709. The van der Waals surface area contributed by atoms with Crippen molar-refractivity contribution in [1.29, 1.82) is 0 Å². The second-order valence-electron chi connectivity index (χ2n) is 4.06. The highest BCUT2D eigenvalue weighted by Gasteiger charge is 2.10. The summed E-state index contributed by atoms with van der Waals surface area (Å²) in [4.78, 5) is 13.3. The third-order valence-corrected chi connectivity index (χ3v) is 5.66. The summed E-state index contributed by atoms with van der Waals surface area (Å²) in [5.41, 5.74) is 0.612. The molecule has 1 aromatic carbocycles. The number of benzene rings is 1. The number of hydrogen-bond donors (Lipinski definition) is 1. The van der Waals surface area contributed by atoms with Gasteiger partial charge in [-0.25, -0.2) is 0 Å². The standard InChI is InChI=1S/C14H11N3OS3/c18-12(10-5-2-1-3-6-10)15-13-16-17-14(21-13)20-9-11-7-4-8-19-11/h1-8H,9H2,(H,15,16,18). The molecule has 106 valence electrons. The van der Waals surface area contributed by atoms with E-state index in [0.29, 0.717) is 10.7 Å². The highest BCUT2D eigenvalue weighted by atomic mass is 32.2. The summed E-state index contributed by atoms with van der Waals surface area (Å²) in [6.07, 6.45) is 0. The van der Waals surface area contributed by atoms with Crippen molar-refractivity contribution in [2.24, 2.45) is 0 Å². The van der Waals surface area contributed by atoms with Crippen LogP contribution in [0.4, 0.5) is 5.13 Å². The Balaban J connectivity index is 1.59. The fraction of sp³-hybridized carbons (Fsp3) is 0.0714. The molecule has 7 heteroatoms. The molecule has 2 heterocycles. The first kappa shape index (κ1) is 14.2. The zero-order chi connectivity index (χ0) is 14.5. The highest BCUT2D eigenvalue weighted by Crippen LogP contribution is 2.29. The molecule has 0 saturated carbocycles. The molecule has 3 aromatic rings. The maximum absolute atomic E-state index is 12.0. The van der Waals surface area contributed by atoms with Crippen molar-refractivity contribution in [2.75, 3.05) is 5.32 Å². The minimum absolute atomic E-state index is 0.165. The molecule has 21 heavy (non-hydrogen) atoms. The number of amides is 1. The highest BCUT2D eigenvalue weighted by molar-refractivity contribution is 8.00. The summed E-state index contributed by atoms with van der Waals surface area (Å²) in [5, 5.41) is 13.4. The summed E-state index contributed by atoms with van der Waals surface area (Å²) in [6, 6.07) is 13.2. The van der Waals surface area contributed by atoms with E-state index in [0.717, 1.165) is 10.1 Å². The number of rotatable bonds is 5. The van der Waals surface area contributed by atoms with Gasteiger partial charge in [0.2, 0.25) is 5.13 Å². The summed E-state index contributed by atoms with van der Waals surface area (Å²) >= 11 is 4.74. The first-order valence-corrected chi connectivity index (χ1v) is 8.84. The Morgan fingerprint density at radius 3 is 2.76 bits per heavy atom. The van der Waals surface area contributed by atoms with Crippen LogP contribution in [0.1, 0.15) is 15.2 Å². The number of carbonyl (C=O) groups is 1. The van der Waals surface area contributed by atoms with Gasteiger partial charge in [0, 0.05) is 16.2 Å². The van der Waals surface area contributed by atoms with Gasteiger partial charge in [-0.15, -0.1) is 21.5 Å². The van der Waals surface area contributed by atoms with Crippen molar-refractivity contribution < 1.29 is 4.79 Å². The molecule has 0 spiro atoms. The van der Waals surface area contributed by atoms with E-state index in [1.165, 1.54) is 16.2 Å². The lowest BCUT2D eigenvalue weighted by Gasteiger charge is -1.99. The Hall–Kier alpha value is -1.70. The fourth-order valence-electron chi connectivity index (χ4n) is 1.60. The molecule has 4 nitrogen and oxygen atoms in total. The average molecular weight is 333 g/mol. The molecule has 0 unspecified atom stereocenters. The van der Waals surface area contributed by atoms with Crippen LogP contribution in [-0.4, -0.2) is 16.1 Å². The lowest BCUT2D eigenvalue weighted by molar-refractivity contribution is 0.102. The second-order valence-corrected chi connectivity index (χ2v) is 7.29. The monoisotopic (exact) mass is 333 g/mol. The van der Waals surface area contributed by atoms with Crippen LogP contribution in [0.15, 0.2) is 52.2 Å². The van der Waals surface area contributed by atoms with Crippen molar-refractivity contribution in [3.63, 3.8) is 0 Å². The number of nitrogens with one attached hydrogen (secondary N) is 1. The Morgan fingerprint density at radius 1 is 1.14 bits per heavy atom.